The van der Waals surface area contributed by atoms with E-state index in [0.717, 1.165) is 8.47 Å². The summed E-state index contributed by atoms with van der Waals surface area (Å²) in [5.74, 6) is -5.21. The fraction of sp³-hybridized carbons (Fsp3) is 0.333. The van der Waals surface area contributed by atoms with Crippen molar-refractivity contribution in [2.45, 2.75) is 28.5 Å². The lowest BCUT2D eigenvalue weighted by Gasteiger charge is -2.50. The SMILES string of the molecule is CN1C(=O)[C@]2(Cl)C[C@@H]3C(=CC[C@@H]4C(=O)N(c5ccc(I)cc5)C(=O)[C@@H]43)[C@H](c3cc(Br)ccc3O)[C@]2(Cl)C1=O. The van der Waals surface area contributed by atoms with Gasteiger partial charge in [0, 0.05) is 26.6 Å². The molecule has 2 heterocycles. The molecule has 2 aliphatic heterocycles. The van der Waals surface area contributed by atoms with E-state index in [1.54, 1.807) is 24.3 Å². The molecule has 0 bridgehead atoms. The van der Waals surface area contributed by atoms with Gasteiger partial charge in [-0.1, -0.05) is 27.6 Å². The number of amides is 4. The second kappa shape index (κ2) is 8.78. The molecule has 6 atom stereocenters. The molecule has 11 heteroatoms. The fourth-order valence-corrected chi connectivity index (χ4v) is 8.44. The van der Waals surface area contributed by atoms with Crippen LogP contribution < -0.4 is 4.90 Å². The lowest BCUT2D eigenvalue weighted by molar-refractivity contribution is -0.138. The smallest absolute Gasteiger partial charge is 0.253 e. The van der Waals surface area contributed by atoms with Crippen molar-refractivity contribution in [2.24, 2.45) is 17.8 Å². The molecule has 2 saturated heterocycles. The molecule has 38 heavy (non-hydrogen) atoms. The Hall–Kier alpha value is -1.95. The number of likely N-dealkylation sites (tertiary alicyclic amines) is 1. The minimum Gasteiger partial charge on any atom is -0.508 e. The minimum absolute atomic E-state index is 0.0925. The second-order valence-corrected chi connectivity index (χ2v) is 13.6. The highest BCUT2D eigenvalue weighted by atomic mass is 127. The van der Waals surface area contributed by atoms with Gasteiger partial charge in [0.1, 0.15) is 5.75 Å². The van der Waals surface area contributed by atoms with Crippen LogP contribution in [-0.4, -0.2) is 50.4 Å². The van der Waals surface area contributed by atoms with Crippen molar-refractivity contribution in [1.29, 1.82) is 0 Å². The molecule has 2 aliphatic carbocycles. The largest absolute Gasteiger partial charge is 0.508 e. The summed E-state index contributed by atoms with van der Waals surface area (Å²) < 4.78 is 1.59. The number of imide groups is 2. The van der Waals surface area contributed by atoms with Crippen LogP contribution in [0.25, 0.3) is 0 Å². The summed E-state index contributed by atoms with van der Waals surface area (Å²) in [7, 11) is 1.33. The number of carbonyl (C=O) groups excluding carboxylic acids is 4. The Bertz CT molecular complexity index is 1480. The second-order valence-electron chi connectivity index (χ2n) is 10.2. The van der Waals surface area contributed by atoms with E-state index in [4.69, 9.17) is 23.2 Å². The van der Waals surface area contributed by atoms with Gasteiger partial charge in [0.05, 0.1) is 17.5 Å². The van der Waals surface area contributed by atoms with Gasteiger partial charge in [0.15, 0.2) is 9.75 Å². The van der Waals surface area contributed by atoms with Crippen molar-refractivity contribution in [3.63, 3.8) is 0 Å². The molecule has 3 fully saturated rings. The molecule has 1 N–H and O–H groups in total. The number of phenolic OH excluding ortho intramolecular Hbond substituents is 1. The van der Waals surface area contributed by atoms with E-state index in [9.17, 15) is 24.3 Å². The van der Waals surface area contributed by atoms with Gasteiger partial charge < -0.3 is 5.11 Å². The Kier molecular flexibility index (Phi) is 6.07. The molecule has 4 aliphatic rings. The zero-order valence-corrected chi connectivity index (χ0v) is 25.1. The Balaban J connectivity index is 1.53. The summed E-state index contributed by atoms with van der Waals surface area (Å²) in [6.07, 6.45) is 2.01. The molecule has 0 unspecified atom stereocenters. The Morgan fingerprint density at radius 2 is 1.68 bits per heavy atom. The quantitative estimate of drug-likeness (QED) is 0.205. The first-order chi connectivity index (χ1) is 17.9. The lowest BCUT2D eigenvalue weighted by Crippen LogP contribution is -2.60. The Morgan fingerprint density at radius 3 is 2.37 bits per heavy atom. The van der Waals surface area contributed by atoms with E-state index in [1.165, 1.54) is 18.0 Å². The molecule has 6 rings (SSSR count). The first-order valence-corrected chi connectivity index (χ1v) is 14.6. The van der Waals surface area contributed by atoms with Crippen LogP contribution in [-0.2, 0) is 19.2 Å². The molecule has 0 radical (unpaired) electrons. The third kappa shape index (κ3) is 3.31. The van der Waals surface area contributed by atoms with Crippen molar-refractivity contribution < 1.29 is 24.3 Å². The number of aromatic hydroxyl groups is 1. The standard InChI is InChI=1S/C27H20BrCl2IN2O5/c1-32-24(37)26(29)11-18-15(21(27(26,30)25(32)38)17-10-12(28)2-9-19(17)34)7-8-16-20(18)23(36)33(22(16)35)14-5-3-13(31)4-6-14/h2-7,9-10,16,18,20-21,34H,8,11H2,1H3/t16-,18+,20-,21+,26+,27-/m0/s1. The first kappa shape index (κ1) is 26.3. The molecule has 4 amide bonds. The van der Waals surface area contributed by atoms with E-state index in [1.807, 2.05) is 18.2 Å². The number of fused-ring (bicyclic) bond motifs is 4. The Morgan fingerprint density at radius 1 is 1.00 bits per heavy atom. The average Bonchev–Trinajstić information content (AvgIpc) is 3.21. The van der Waals surface area contributed by atoms with E-state index in [0.29, 0.717) is 21.3 Å². The maximum Gasteiger partial charge on any atom is 0.253 e. The topological polar surface area (TPSA) is 95.0 Å². The molecular weight excluding hydrogens is 710 g/mol. The average molecular weight is 730 g/mol. The first-order valence-electron chi connectivity index (χ1n) is 11.9. The number of hydrogen-bond donors (Lipinski definition) is 1. The van der Waals surface area contributed by atoms with Crippen LogP contribution in [0.2, 0.25) is 0 Å². The van der Waals surface area contributed by atoms with Crippen LogP contribution in [0.15, 0.2) is 58.6 Å². The number of phenols is 1. The predicted octanol–water partition coefficient (Wildman–Crippen LogP) is 4.95. The van der Waals surface area contributed by atoms with Gasteiger partial charge in [-0.2, -0.15) is 0 Å². The number of alkyl halides is 2. The molecule has 7 nitrogen and oxygen atoms in total. The van der Waals surface area contributed by atoms with E-state index in [2.05, 4.69) is 38.5 Å². The van der Waals surface area contributed by atoms with Crippen LogP contribution >= 0.6 is 61.7 Å². The number of benzene rings is 2. The van der Waals surface area contributed by atoms with Gasteiger partial charge in [-0.05, 0) is 83.8 Å². The number of hydrogen-bond acceptors (Lipinski definition) is 5. The van der Waals surface area contributed by atoms with Gasteiger partial charge in [0.25, 0.3) is 11.8 Å². The van der Waals surface area contributed by atoms with Crippen LogP contribution in [0.3, 0.4) is 0 Å². The van der Waals surface area contributed by atoms with Gasteiger partial charge in [-0.25, -0.2) is 0 Å². The normalized spacial score (nSPS) is 34.3. The molecule has 1 saturated carbocycles. The zero-order chi connectivity index (χ0) is 27.3. The number of nitrogens with zero attached hydrogens (tertiary/aromatic N) is 2. The Labute approximate surface area is 250 Å². The van der Waals surface area contributed by atoms with E-state index < -0.39 is 45.2 Å². The van der Waals surface area contributed by atoms with Crippen molar-refractivity contribution in [1.82, 2.24) is 4.90 Å². The van der Waals surface area contributed by atoms with Crippen molar-refractivity contribution in [2.75, 3.05) is 11.9 Å². The maximum absolute atomic E-state index is 13.9. The van der Waals surface area contributed by atoms with Crippen molar-refractivity contribution >= 4 is 91.0 Å². The number of anilines is 1. The van der Waals surface area contributed by atoms with Gasteiger partial charge in [-0.15, -0.1) is 23.2 Å². The maximum atomic E-state index is 13.9. The zero-order valence-electron chi connectivity index (χ0n) is 19.8. The summed E-state index contributed by atoms with van der Waals surface area (Å²) in [6, 6.07) is 11.9. The van der Waals surface area contributed by atoms with Crippen LogP contribution in [0.4, 0.5) is 5.69 Å². The summed E-state index contributed by atoms with van der Waals surface area (Å²) in [5, 5.41) is 10.9. The number of halogens is 4. The van der Waals surface area contributed by atoms with Gasteiger partial charge in [-0.3, -0.25) is 29.0 Å². The molecule has 2 aromatic rings. The molecular formula is C27H20BrCl2IN2O5. The summed E-state index contributed by atoms with van der Waals surface area (Å²) in [4.78, 5) is 52.8. The molecule has 0 aromatic heterocycles. The van der Waals surface area contributed by atoms with Crippen molar-refractivity contribution in [3.8, 4) is 5.75 Å². The summed E-state index contributed by atoms with van der Waals surface area (Å²) >= 11 is 19.8. The monoisotopic (exact) mass is 728 g/mol. The van der Waals surface area contributed by atoms with E-state index in [-0.39, 0.29) is 30.4 Å². The van der Waals surface area contributed by atoms with Crippen molar-refractivity contribution in [3.05, 3.63) is 67.7 Å². The highest BCUT2D eigenvalue weighted by Crippen LogP contribution is 2.66. The predicted molar refractivity (Wildman–Crippen MR) is 153 cm³/mol. The third-order valence-corrected chi connectivity index (χ3v) is 11.0. The molecule has 0 spiro atoms. The highest BCUT2D eigenvalue weighted by Gasteiger charge is 2.76. The number of allylic oxidation sites excluding steroid dienone is 2. The molecule has 2 aromatic carbocycles. The van der Waals surface area contributed by atoms with Crippen LogP contribution in [0.5, 0.6) is 5.75 Å². The summed E-state index contributed by atoms with van der Waals surface area (Å²) in [6.45, 7) is 0. The lowest BCUT2D eigenvalue weighted by atomic mass is 9.56. The van der Waals surface area contributed by atoms with Crippen LogP contribution in [0.1, 0.15) is 24.3 Å². The number of rotatable bonds is 2. The van der Waals surface area contributed by atoms with Gasteiger partial charge >= 0.3 is 0 Å². The van der Waals surface area contributed by atoms with Crippen LogP contribution in [0, 0.1) is 21.3 Å². The van der Waals surface area contributed by atoms with E-state index >= 15 is 0 Å². The number of carbonyl (C=O) groups is 4. The third-order valence-electron chi connectivity index (χ3n) is 8.40. The summed E-state index contributed by atoms with van der Waals surface area (Å²) in [5.41, 5.74) is 1.43. The fourth-order valence-electron chi connectivity index (χ4n) is 6.69. The van der Waals surface area contributed by atoms with Gasteiger partial charge in [0.2, 0.25) is 11.8 Å². The highest BCUT2D eigenvalue weighted by molar-refractivity contribution is 14.1. The molecule has 196 valence electrons. The minimum atomic E-state index is -1.94.